The van der Waals surface area contributed by atoms with Crippen molar-refractivity contribution in [1.82, 2.24) is 5.32 Å². The Morgan fingerprint density at radius 2 is 1.73 bits per heavy atom. The molecule has 0 fully saturated rings. The predicted molar refractivity (Wildman–Crippen MR) is 133 cm³/mol. The fourth-order valence-electron chi connectivity index (χ4n) is 4.01. The van der Waals surface area contributed by atoms with E-state index >= 15 is 0 Å². The van der Waals surface area contributed by atoms with Gasteiger partial charge in [0.1, 0.15) is 17.5 Å². The molecule has 0 saturated carbocycles. The highest BCUT2D eigenvalue weighted by Crippen LogP contribution is 2.32. The van der Waals surface area contributed by atoms with E-state index in [-0.39, 0.29) is 17.9 Å². The lowest BCUT2D eigenvalue weighted by atomic mass is 9.93. The van der Waals surface area contributed by atoms with E-state index in [1.807, 2.05) is 19.9 Å². The minimum Gasteiger partial charge on any atom is -0.497 e. The van der Waals surface area contributed by atoms with Crippen LogP contribution in [0.2, 0.25) is 0 Å². The molecule has 0 saturated heterocycles. The normalized spacial score (nSPS) is 13.4. The van der Waals surface area contributed by atoms with E-state index in [1.165, 1.54) is 7.11 Å². The van der Waals surface area contributed by atoms with Crippen molar-refractivity contribution in [2.75, 3.05) is 24.8 Å². The number of nitrogens with one attached hydrogen (secondary N) is 1. The Kier molecular flexibility index (Phi) is 8.77. The van der Waals surface area contributed by atoms with Gasteiger partial charge in [-0.1, -0.05) is 26.8 Å². The first-order chi connectivity index (χ1) is 15.4. The molecule has 2 aromatic carbocycles. The molecule has 0 unspecified atom stereocenters. The number of hydrogen-bond acceptors (Lipinski definition) is 5. The molecule has 0 radical (unpaired) electrons. The molecule has 0 heterocycles. The monoisotopic (exact) mass is 476 g/mol. The van der Waals surface area contributed by atoms with Crippen molar-refractivity contribution in [3.05, 3.63) is 53.1 Å². The van der Waals surface area contributed by atoms with Gasteiger partial charge in [-0.2, -0.15) is 0 Å². The van der Waals surface area contributed by atoms with E-state index in [2.05, 4.69) is 25.2 Å². The topological polar surface area (TPSA) is 84.9 Å². The van der Waals surface area contributed by atoms with Crippen molar-refractivity contribution in [3.63, 3.8) is 0 Å². The number of ether oxygens (including phenoxy) is 2. The summed E-state index contributed by atoms with van der Waals surface area (Å²) in [5, 5.41) is 3.03. The zero-order valence-electron chi connectivity index (χ0n) is 20.8. The van der Waals surface area contributed by atoms with Gasteiger partial charge in [0.2, 0.25) is 15.9 Å². The second-order valence-electron chi connectivity index (χ2n) is 8.52. The molecule has 0 bridgehead atoms. The summed E-state index contributed by atoms with van der Waals surface area (Å²) < 4.78 is 37.4. The number of benzene rings is 2. The van der Waals surface area contributed by atoms with Gasteiger partial charge >= 0.3 is 0 Å². The third kappa shape index (κ3) is 6.19. The predicted octanol–water partition coefficient (Wildman–Crippen LogP) is 4.56. The Balaban J connectivity index is 2.40. The molecule has 0 aliphatic heterocycles. The van der Waals surface area contributed by atoms with E-state index < -0.39 is 16.1 Å². The smallest absolute Gasteiger partial charge is 0.244 e. The van der Waals surface area contributed by atoms with E-state index in [0.29, 0.717) is 17.9 Å². The van der Waals surface area contributed by atoms with E-state index in [0.717, 1.165) is 33.0 Å². The lowest BCUT2D eigenvalue weighted by molar-refractivity contribution is -0.122. The number of carbonyl (C=O) groups is 1. The number of carbonyl (C=O) groups excluding carboxylic acids is 1. The van der Waals surface area contributed by atoms with Crippen LogP contribution in [0.3, 0.4) is 0 Å². The van der Waals surface area contributed by atoms with Crippen molar-refractivity contribution < 1.29 is 22.7 Å². The molecule has 2 rings (SSSR count). The summed E-state index contributed by atoms with van der Waals surface area (Å²) in [5.41, 5.74) is 3.40. The van der Waals surface area contributed by atoms with Gasteiger partial charge in [0.05, 0.1) is 32.2 Å². The molecule has 8 heteroatoms. The fourth-order valence-corrected chi connectivity index (χ4v) is 5.21. The maximum Gasteiger partial charge on any atom is 0.244 e. The molecule has 2 atom stereocenters. The molecule has 7 nitrogen and oxygen atoms in total. The summed E-state index contributed by atoms with van der Waals surface area (Å²) in [7, 11) is -0.574. The van der Waals surface area contributed by atoms with Crippen molar-refractivity contribution in [1.29, 1.82) is 0 Å². The molecule has 1 N–H and O–H groups in total. The van der Waals surface area contributed by atoms with Crippen LogP contribution in [-0.4, -0.2) is 40.8 Å². The van der Waals surface area contributed by atoms with E-state index in [9.17, 15) is 13.2 Å². The number of aryl methyl sites for hydroxylation is 1. The van der Waals surface area contributed by atoms with Crippen LogP contribution in [0.15, 0.2) is 36.4 Å². The SMILES string of the molecule is CC[C@@H](C(=O)N[C@@H](C)c1cc(C(C)C)c(OC)cc1C)N(c1cccc(OC)c1)S(C)(=O)=O. The minimum absolute atomic E-state index is 0.249. The number of rotatable bonds is 10. The van der Waals surface area contributed by atoms with Gasteiger partial charge in [0, 0.05) is 6.07 Å². The number of amides is 1. The average molecular weight is 477 g/mol. The Bertz CT molecular complexity index is 1080. The second kappa shape index (κ2) is 10.9. The van der Waals surface area contributed by atoms with Gasteiger partial charge < -0.3 is 14.8 Å². The van der Waals surface area contributed by atoms with Crippen LogP contribution in [0.1, 0.15) is 62.8 Å². The van der Waals surface area contributed by atoms with Crippen LogP contribution < -0.4 is 19.1 Å². The first-order valence-electron chi connectivity index (χ1n) is 11.1. The van der Waals surface area contributed by atoms with Gasteiger partial charge in [-0.05, 0) is 67.1 Å². The number of anilines is 1. The Morgan fingerprint density at radius 1 is 1.06 bits per heavy atom. The lowest BCUT2D eigenvalue weighted by Gasteiger charge is -2.31. The molecule has 33 heavy (non-hydrogen) atoms. The summed E-state index contributed by atoms with van der Waals surface area (Å²) in [6, 6.07) is 9.51. The van der Waals surface area contributed by atoms with Gasteiger partial charge in [0.15, 0.2) is 0 Å². The summed E-state index contributed by atoms with van der Waals surface area (Å²) >= 11 is 0. The number of sulfonamides is 1. The third-order valence-corrected chi connectivity index (χ3v) is 6.88. The molecule has 0 spiro atoms. The van der Waals surface area contributed by atoms with Gasteiger partial charge in [-0.15, -0.1) is 0 Å². The molecular formula is C25H36N2O5S. The van der Waals surface area contributed by atoms with Crippen molar-refractivity contribution in [2.45, 2.75) is 59.0 Å². The van der Waals surface area contributed by atoms with Crippen molar-refractivity contribution in [3.8, 4) is 11.5 Å². The maximum atomic E-state index is 13.4. The zero-order valence-corrected chi connectivity index (χ0v) is 21.6. The second-order valence-corrected chi connectivity index (χ2v) is 10.4. The molecule has 1 amide bonds. The number of nitrogens with zero attached hydrogens (tertiary/aromatic N) is 1. The largest absolute Gasteiger partial charge is 0.497 e. The summed E-state index contributed by atoms with van der Waals surface area (Å²) in [6.07, 6.45) is 1.41. The highest BCUT2D eigenvalue weighted by Gasteiger charge is 2.32. The Labute approximate surface area is 198 Å². The fraction of sp³-hybridized carbons (Fsp3) is 0.480. The number of hydrogen-bond donors (Lipinski definition) is 1. The Hall–Kier alpha value is -2.74. The van der Waals surface area contributed by atoms with Crippen LogP contribution in [0.25, 0.3) is 0 Å². The highest BCUT2D eigenvalue weighted by molar-refractivity contribution is 7.92. The molecule has 0 aliphatic carbocycles. The van der Waals surface area contributed by atoms with Crippen molar-refractivity contribution in [2.24, 2.45) is 0 Å². The van der Waals surface area contributed by atoms with E-state index in [4.69, 9.17) is 9.47 Å². The quantitative estimate of drug-likeness (QED) is 0.543. The Morgan fingerprint density at radius 3 is 2.24 bits per heavy atom. The van der Waals surface area contributed by atoms with Crippen LogP contribution in [-0.2, 0) is 14.8 Å². The van der Waals surface area contributed by atoms with Gasteiger partial charge in [-0.3, -0.25) is 9.10 Å². The average Bonchev–Trinajstić information content (AvgIpc) is 2.75. The standard InChI is InChI=1S/C25H36N2O5S/c1-9-23(27(33(8,29)30)19-11-10-12-20(14-19)31-6)25(28)26-18(5)22-15-21(16(2)3)24(32-7)13-17(22)4/h10-16,18,23H,9H2,1-8H3,(H,26,28)/t18-,23-/m0/s1. The van der Waals surface area contributed by atoms with Crippen LogP contribution >= 0.6 is 0 Å². The van der Waals surface area contributed by atoms with Crippen LogP contribution in [0, 0.1) is 6.92 Å². The van der Waals surface area contributed by atoms with Crippen molar-refractivity contribution >= 4 is 21.6 Å². The van der Waals surface area contributed by atoms with Gasteiger partial charge in [0.25, 0.3) is 0 Å². The molecular weight excluding hydrogens is 440 g/mol. The molecule has 0 aromatic heterocycles. The molecule has 2 aromatic rings. The molecule has 0 aliphatic rings. The minimum atomic E-state index is -3.73. The summed E-state index contributed by atoms with van der Waals surface area (Å²) in [4.78, 5) is 13.4. The first-order valence-corrected chi connectivity index (χ1v) is 12.9. The van der Waals surface area contributed by atoms with Crippen LogP contribution in [0.5, 0.6) is 11.5 Å². The number of methoxy groups -OCH3 is 2. The van der Waals surface area contributed by atoms with Crippen LogP contribution in [0.4, 0.5) is 5.69 Å². The third-order valence-electron chi connectivity index (χ3n) is 5.70. The van der Waals surface area contributed by atoms with Gasteiger partial charge in [-0.25, -0.2) is 8.42 Å². The first kappa shape index (κ1) is 26.5. The maximum absolute atomic E-state index is 13.4. The lowest BCUT2D eigenvalue weighted by Crippen LogP contribution is -2.49. The summed E-state index contributed by atoms with van der Waals surface area (Å²) in [5.74, 6) is 1.22. The zero-order chi connectivity index (χ0) is 24.9. The summed E-state index contributed by atoms with van der Waals surface area (Å²) in [6.45, 7) is 9.85. The highest BCUT2D eigenvalue weighted by atomic mass is 32.2. The molecule has 182 valence electrons. The van der Waals surface area contributed by atoms with E-state index in [1.54, 1.807) is 38.3 Å².